The van der Waals surface area contributed by atoms with Crippen molar-refractivity contribution in [3.8, 4) is 0 Å². The maximum Gasteiger partial charge on any atom is 0.227 e. The lowest BCUT2D eigenvalue weighted by molar-refractivity contribution is -0.139. The van der Waals surface area contributed by atoms with E-state index in [0.717, 1.165) is 57.8 Å². The number of carbonyl (C=O) groups excluding carboxylic acids is 1. The number of nitrogens with zero attached hydrogens (tertiary/aromatic N) is 4. The average molecular weight is 303 g/mol. The maximum absolute atomic E-state index is 12.8. The Hall–Kier alpha value is -1.69. The molecular formula is C16H25N5O. The van der Waals surface area contributed by atoms with Crippen LogP contribution < -0.4 is 10.6 Å². The molecule has 1 saturated carbocycles. The minimum Gasteiger partial charge on any atom is -0.339 e. The van der Waals surface area contributed by atoms with E-state index in [1.165, 1.54) is 0 Å². The lowest BCUT2D eigenvalue weighted by Crippen LogP contribution is -2.57. The Morgan fingerprint density at radius 3 is 2.55 bits per heavy atom. The van der Waals surface area contributed by atoms with E-state index in [4.69, 9.17) is 5.73 Å². The van der Waals surface area contributed by atoms with Crippen LogP contribution in [-0.4, -0.2) is 52.5 Å². The highest BCUT2D eigenvalue weighted by molar-refractivity contribution is 5.80. The van der Waals surface area contributed by atoms with Gasteiger partial charge in [0.1, 0.15) is 0 Å². The van der Waals surface area contributed by atoms with Crippen LogP contribution in [-0.2, 0) is 4.79 Å². The number of nitrogens with two attached hydrogens (primary N) is 1. The van der Waals surface area contributed by atoms with E-state index in [9.17, 15) is 4.79 Å². The van der Waals surface area contributed by atoms with E-state index in [-0.39, 0.29) is 17.4 Å². The molecule has 1 saturated heterocycles. The molecule has 6 nitrogen and oxygen atoms in total. The molecule has 2 unspecified atom stereocenters. The Morgan fingerprint density at radius 2 is 1.91 bits per heavy atom. The van der Waals surface area contributed by atoms with Crippen molar-refractivity contribution in [2.45, 2.75) is 38.1 Å². The number of rotatable bonds is 2. The number of hydrogen-bond donors (Lipinski definition) is 1. The zero-order chi connectivity index (χ0) is 15.6. The number of carbonyl (C=O) groups is 1. The Bertz CT molecular complexity index is 511. The van der Waals surface area contributed by atoms with Gasteiger partial charge in [-0.3, -0.25) is 4.79 Å². The fourth-order valence-corrected chi connectivity index (χ4v) is 3.57. The zero-order valence-corrected chi connectivity index (χ0v) is 13.2. The van der Waals surface area contributed by atoms with Gasteiger partial charge in [-0.15, -0.1) is 0 Å². The van der Waals surface area contributed by atoms with Crippen molar-refractivity contribution < 1.29 is 4.79 Å². The molecule has 22 heavy (non-hydrogen) atoms. The van der Waals surface area contributed by atoms with Crippen LogP contribution in [0, 0.1) is 5.92 Å². The van der Waals surface area contributed by atoms with Crippen molar-refractivity contribution in [3.05, 3.63) is 18.5 Å². The van der Waals surface area contributed by atoms with E-state index in [1.54, 1.807) is 12.4 Å². The summed E-state index contributed by atoms with van der Waals surface area (Å²) in [7, 11) is 0. The second-order valence-electron chi connectivity index (χ2n) is 6.67. The first kappa shape index (κ1) is 15.2. The first-order valence-corrected chi connectivity index (χ1v) is 8.17. The highest BCUT2D eigenvalue weighted by atomic mass is 16.2. The molecule has 6 heteroatoms. The molecule has 0 spiro atoms. The number of piperazine rings is 1. The van der Waals surface area contributed by atoms with Crippen LogP contribution in [0.5, 0.6) is 0 Å². The Kier molecular flexibility index (Phi) is 4.29. The Labute approximate surface area is 131 Å². The van der Waals surface area contributed by atoms with Gasteiger partial charge in [0, 0.05) is 44.1 Å². The molecule has 2 fully saturated rings. The van der Waals surface area contributed by atoms with Crippen molar-refractivity contribution in [3.63, 3.8) is 0 Å². The van der Waals surface area contributed by atoms with Crippen LogP contribution in [0.3, 0.4) is 0 Å². The van der Waals surface area contributed by atoms with Crippen LogP contribution in [0.25, 0.3) is 0 Å². The molecule has 1 aliphatic heterocycles. The van der Waals surface area contributed by atoms with Crippen molar-refractivity contribution in [1.29, 1.82) is 0 Å². The molecule has 1 amide bonds. The van der Waals surface area contributed by atoms with Gasteiger partial charge in [0.15, 0.2) is 0 Å². The van der Waals surface area contributed by atoms with Gasteiger partial charge in [0.25, 0.3) is 0 Å². The second kappa shape index (κ2) is 6.20. The monoisotopic (exact) mass is 303 g/mol. The Morgan fingerprint density at radius 1 is 1.23 bits per heavy atom. The Balaban J connectivity index is 1.60. The number of hydrogen-bond acceptors (Lipinski definition) is 5. The molecule has 0 bridgehead atoms. The first-order valence-electron chi connectivity index (χ1n) is 8.17. The molecule has 3 rings (SSSR count). The van der Waals surface area contributed by atoms with Gasteiger partial charge in [-0.05, 0) is 25.8 Å². The molecule has 1 aliphatic carbocycles. The lowest BCUT2D eigenvalue weighted by Gasteiger charge is -2.42. The lowest BCUT2D eigenvalue weighted by atomic mass is 9.74. The number of anilines is 1. The summed E-state index contributed by atoms with van der Waals surface area (Å²) in [6, 6.07) is 1.81. The fourth-order valence-electron chi connectivity index (χ4n) is 3.57. The highest BCUT2D eigenvalue weighted by Crippen LogP contribution is 2.33. The molecule has 120 valence electrons. The molecule has 2 aliphatic rings. The molecule has 1 aromatic rings. The summed E-state index contributed by atoms with van der Waals surface area (Å²) in [5, 5.41) is 0. The van der Waals surface area contributed by atoms with Crippen LogP contribution in [0.15, 0.2) is 18.5 Å². The summed E-state index contributed by atoms with van der Waals surface area (Å²) in [6.07, 6.45) is 7.62. The van der Waals surface area contributed by atoms with E-state index in [1.807, 2.05) is 17.9 Å². The summed E-state index contributed by atoms with van der Waals surface area (Å²) < 4.78 is 0. The van der Waals surface area contributed by atoms with E-state index in [2.05, 4.69) is 14.9 Å². The molecule has 2 atom stereocenters. The van der Waals surface area contributed by atoms with Crippen molar-refractivity contribution >= 4 is 11.9 Å². The molecule has 2 heterocycles. The highest BCUT2D eigenvalue weighted by Gasteiger charge is 2.40. The minimum absolute atomic E-state index is 0.0271. The van der Waals surface area contributed by atoms with Crippen LogP contribution in [0.4, 0.5) is 5.95 Å². The van der Waals surface area contributed by atoms with Crippen molar-refractivity contribution in [2.24, 2.45) is 11.7 Å². The third-order valence-corrected chi connectivity index (χ3v) is 4.98. The third-order valence-electron chi connectivity index (χ3n) is 4.98. The number of aromatic nitrogens is 2. The van der Waals surface area contributed by atoms with Gasteiger partial charge >= 0.3 is 0 Å². The normalized spacial score (nSPS) is 29.5. The summed E-state index contributed by atoms with van der Waals surface area (Å²) in [5.74, 6) is 0.954. The first-order chi connectivity index (χ1) is 10.6. The van der Waals surface area contributed by atoms with E-state index < -0.39 is 0 Å². The van der Waals surface area contributed by atoms with Crippen LogP contribution in [0.2, 0.25) is 0 Å². The minimum atomic E-state index is -0.352. The van der Waals surface area contributed by atoms with Gasteiger partial charge in [-0.1, -0.05) is 12.8 Å². The molecular weight excluding hydrogens is 278 g/mol. The summed E-state index contributed by atoms with van der Waals surface area (Å²) >= 11 is 0. The van der Waals surface area contributed by atoms with Crippen LogP contribution >= 0.6 is 0 Å². The standard InChI is InChI=1S/C16H25N5O/c1-16(17)6-3-2-5-13(16)14(22)20-9-11-21(12-10-20)15-18-7-4-8-19-15/h4,7-8,13H,2-3,5-6,9-12,17H2,1H3. The van der Waals surface area contributed by atoms with E-state index in [0.29, 0.717) is 0 Å². The predicted molar refractivity (Wildman–Crippen MR) is 85.4 cm³/mol. The molecule has 0 aromatic carbocycles. The van der Waals surface area contributed by atoms with Crippen LogP contribution in [0.1, 0.15) is 32.6 Å². The van der Waals surface area contributed by atoms with Crippen molar-refractivity contribution in [1.82, 2.24) is 14.9 Å². The molecule has 1 aromatic heterocycles. The van der Waals surface area contributed by atoms with Crippen molar-refractivity contribution in [2.75, 3.05) is 31.1 Å². The summed E-state index contributed by atoms with van der Waals surface area (Å²) in [4.78, 5) is 25.5. The fraction of sp³-hybridized carbons (Fsp3) is 0.688. The summed E-state index contributed by atoms with van der Waals surface area (Å²) in [6.45, 7) is 5.05. The third kappa shape index (κ3) is 3.06. The van der Waals surface area contributed by atoms with Gasteiger partial charge < -0.3 is 15.5 Å². The average Bonchev–Trinajstić information content (AvgIpc) is 2.55. The van der Waals surface area contributed by atoms with Gasteiger partial charge in [0.2, 0.25) is 11.9 Å². The van der Waals surface area contributed by atoms with Gasteiger partial charge in [-0.25, -0.2) is 9.97 Å². The summed E-state index contributed by atoms with van der Waals surface area (Å²) in [5.41, 5.74) is 6.02. The quantitative estimate of drug-likeness (QED) is 0.883. The molecule has 0 radical (unpaired) electrons. The van der Waals surface area contributed by atoms with Gasteiger partial charge in [0.05, 0.1) is 5.92 Å². The second-order valence-corrected chi connectivity index (χ2v) is 6.67. The largest absolute Gasteiger partial charge is 0.339 e. The smallest absolute Gasteiger partial charge is 0.227 e. The topological polar surface area (TPSA) is 75.4 Å². The SMILES string of the molecule is CC1(N)CCCCC1C(=O)N1CCN(c2ncccn2)CC1. The number of amides is 1. The zero-order valence-electron chi connectivity index (χ0n) is 13.2. The predicted octanol–water partition coefficient (Wildman–Crippen LogP) is 1.03. The molecule has 2 N–H and O–H groups in total. The van der Waals surface area contributed by atoms with E-state index >= 15 is 0 Å². The maximum atomic E-state index is 12.8. The van der Waals surface area contributed by atoms with Gasteiger partial charge in [-0.2, -0.15) is 0 Å².